The second kappa shape index (κ2) is 11.0. The Balaban J connectivity index is 1.56. The number of carbonyl (C=O) groups excluding carboxylic acids is 3. The fraction of sp³-hybridized carbons (Fsp3) is 0.167. The first-order valence-electron chi connectivity index (χ1n) is 12.6. The van der Waals surface area contributed by atoms with Crippen molar-refractivity contribution in [2.24, 2.45) is 0 Å². The summed E-state index contributed by atoms with van der Waals surface area (Å²) in [6.07, 6.45) is 2.21. The van der Waals surface area contributed by atoms with Crippen molar-refractivity contribution in [3.05, 3.63) is 111 Å². The van der Waals surface area contributed by atoms with Gasteiger partial charge < -0.3 is 24.5 Å². The molecule has 41 heavy (non-hydrogen) atoms. The number of aromatic amines is 1. The maximum absolute atomic E-state index is 13.4. The van der Waals surface area contributed by atoms with E-state index in [0.717, 1.165) is 16.5 Å². The molecule has 0 bridgehead atoms. The predicted molar refractivity (Wildman–Crippen MR) is 148 cm³/mol. The van der Waals surface area contributed by atoms with E-state index in [1.165, 1.54) is 48.4 Å². The van der Waals surface area contributed by atoms with Gasteiger partial charge in [-0.3, -0.25) is 19.7 Å². The van der Waals surface area contributed by atoms with Crippen molar-refractivity contribution in [3.63, 3.8) is 0 Å². The van der Waals surface area contributed by atoms with Crippen LogP contribution in [0.3, 0.4) is 0 Å². The van der Waals surface area contributed by atoms with E-state index >= 15 is 0 Å². The Kier molecular flexibility index (Phi) is 7.26. The van der Waals surface area contributed by atoms with Crippen LogP contribution in [-0.4, -0.2) is 58.3 Å². The Hall–Kier alpha value is -5.45. The molecular formula is C30H25N3O8. The number of methoxy groups -OCH3 is 2. The molecule has 1 aliphatic heterocycles. The molecule has 5 rings (SSSR count). The largest absolute Gasteiger partial charge is 0.507 e. The van der Waals surface area contributed by atoms with Gasteiger partial charge in [0, 0.05) is 41.3 Å². The molecule has 11 heteroatoms. The Bertz CT molecular complexity index is 1700. The zero-order chi connectivity index (χ0) is 29.3. The van der Waals surface area contributed by atoms with Crippen LogP contribution in [0.1, 0.15) is 33.1 Å². The molecule has 0 aliphatic carbocycles. The molecule has 2 N–H and O–H groups in total. The number of aromatic nitrogens is 1. The molecule has 1 aromatic heterocycles. The van der Waals surface area contributed by atoms with Gasteiger partial charge in [0.1, 0.15) is 11.5 Å². The van der Waals surface area contributed by atoms with E-state index in [1.54, 1.807) is 19.2 Å². The number of H-pyrrole nitrogens is 1. The fourth-order valence-electron chi connectivity index (χ4n) is 5.01. The quantitative estimate of drug-likeness (QED) is 0.0803. The van der Waals surface area contributed by atoms with Crippen molar-refractivity contribution in [2.75, 3.05) is 20.8 Å². The number of rotatable bonds is 8. The molecule has 208 valence electrons. The smallest absolute Gasteiger partial charge is 0.337 e. The number of ketones is 1. The summed E-state index contributed by atoms with van der Waals surface area (Å²) in [6.45, 7) is 0.134. The Morgan fingerprint density at radius 1 is 1.02 bits per heavy atom. The second-order valence-corrected chi connectivity index (χ2v) is 9.39. The van der Waals surface area contributed by atoms with Crippen molar-refractivity contribution in [1.29, 1.82) is 0 Å². The number of Topliss-reactive ketones (excluding diaryl/α,β-unsaturated/α-hetero) is 1. The molecule has 1 fully saturated rings. The fourth-order valence-corrected chi connectivity index (χ4v) is 5.01. The number of nitro groups is 1. The molecule has 1 saturated heterocycles. The molecule has 3 aromatic carbocycles. The summed E-state index contributed by atoms with van der Waals surface area (Å²) in [6, 6.07) is 15.9. The average molecular weight is 556 g/mol. The van der Waals surface area contributed by atoms with Crippen molar-refractivity contribution >= 4 is 40.0 Å². The summed E-state index contributed by atoms with van der Waals surface area (Å²) in [5.74, 6) is -2.02. The van der Waals surface area contributed by atoms with E-state index in [4.69, 9.17) is 9.47 Å². The molecule has 1 atom stereocenters. The predicted octanol–water partition coefficient (Wildman–Crippen LogP) is 4.54. The van der Waals surface area contributed by atoms with Crippen molar-refractivity contribution < 1.29 is 33.9 Å². The van der Waals surface area contributed by atoms with Gasteiger partial charge in [-0.15, -0.1) is 0 Å². The van der Waals surface area contributed by atoms with Crippen LogP contribution in [0.5, 0.6) is 5.75 Å². The summed E-state index contributed by atoms with van der Waals surface area (Å²) >= 11 is 0. The lowest BCUT2D eigenvalue weighted by Gasteiger charge is -2.25. The van der Waals surface area contributed by atoms with Gasteiger partial charge in [-0.2, -0.15) is 0 Å². The van der Waals surface area contributed by atoms with Crippen LogP contribution >= 0.6 is 0 Å². The Labute approximate surface area is 233 Å². The molecule has 0 saturated carbocycles. The highest BCUT2D eigenvalue weighted by Gasteiger charge is 2.46. The highest BCUT2D eigenvalue weighted by atomic mass is 16.6. The molecule has 0 radical (unpaired) electrons. The van der Waals surface area contributed by atoms with Crippen molar-refractivity contribution in [2.45, 2.75) is 12.5 Å². The van der Waals surface area contributed by atoms with Crippen molar-refractivity contribution in [3.8, 4) is 5.75 Å². The van der Waals surface area contributed by atoms with Crippen LogP contribution in [0.25, 0.3) is 16.7 Å². The number of aliphatic hydroxyl groups is 1. The molecule has 2 heterocycles. The standard InChI is InChI=1S/C30H25N3O8/c1-40-22-11-12-24-23(15-22)20(16-31-24)13-14-32-26(17-3-5-19(6-4-17)30(37)41-2)25(28(35)29(32)36)27(34)18-7-9-21(10-8-18)33(38)39/h3-12,15-16,26,31,34H,13-14H2,1-2H3/t26-/m1/s1. The van der Waals surface area contributed by atoms with Gasteiger partial charge >= 0.3 is 5.97 Å². The van der Waals surface area contributed by atoms with Crippen LogP contribution in [0.15, 0.2) is 78.5 Å². The van der Waals surface area contributed by atoms with E-state index < -0.39 is 34.4 Å². The number of aliphatic hydroxyl groups excluding tert-OH is 1. The number of nitrogens with one attached hydrogen (secondary N) is 1. The summed E-state index contributed by atoms with van der Waals surface area (Å²) in [5, 5.41) is 23.2. The summed E-state index contributed by atoms with van der Waals surface area (Å²) in [4.78, 5) is 53.8. The van der Waals surface area contributed by atoms with Crippen LogP contribution in [-0.2, 0) is 20.7 Å². The van der Waals surface area contributed by atoms with Crippen LogP contribution < -0.4 is 4.74 Å². The molecule has 4 aromatic rings. The zero-order valence-electron chi connectivity index (χ0n) is 22.1. The number of esters is 1. The maximum atomic E-state index is 13.4. The van der Waals surface area contributed by atoms with E-state index in [9.17, 15) is 29.6 Å². The summed E-state index contributed by atoms with van der Waals surface area (Å²) in [7, 11) is 2.83. The molecule has 0 spiro atoms. The third-order valence-corrected chi connectivity index (χ3v) is 7.14. The Morgan fingerprint density at radius 3 is 2.34 bits per heavy atom. The van der Waals surface area contributed by atoms with Gasteiger partial charge in [-0.1, -0.05) is 12.1 Å². The molecule has 1 aliphatic rings. The van der Waals surface area contributed by atoms with E-state index in [2.05, 4.69) is 4.98 Å². The highest BCUT2D eigenvalue weighted by Crippen LogP contribution is 2.40. The van der Waals surface area contributed by atoms with Crippen LogP contribution in [0.4, 0.5) is 5.69 Å². The van der Waals surface area contributed by atoms with Crippen molar-refractivity contribution in [1.82, 2.24) is 9.88 Å². The number of ether oxygens (including phenoxy) is 2. The Morgan fingerprint density at radius 2 is 1.71 bits per heavy atom. The van der Waals surface area contributed by atoms with E-state index in [-0.39, 0.29) is 28.9 Å². The minimum Gasteiger partial charge on any atom is -0.507 e. The van der Waals surface area contributed by atoms with Gasteiger partial charge in [0.15, 0.2) is 0 Å². The average Bonchev–Trinajstić information content (AvgIpc) is 3.52. The number of non-ortho nitro benzene ring substituents is 1. The zero-order valence-corrected chi connectivity index (χ0v) is 22.1. The van der Waals surface area contributed by atoms with Crippen LogP contribution in [0, 0.1) is 10.1 Å². The summed E-state index contributed by atoms with van der Waals surface area (Å²) < 4.78 is 10.1. The molecule has 0 unspecified atom stereocenters. The number of fused-ring (bicyclic) bond motifs is 1. The second-order valence-electron chi connectivity index (χ2n) is 9.39. The lowest BCUT2D eigenvalue weighted by atomic mass is 9.94. The lowest BCUT2D eigenvalue weighted by molar-refractivity contribution is -0.384. The van der Waals surface area contributed by atoms with Gasteiger partial charge in [-0.05, 0) is 60.0 Å². The number of likely N-dealkylation sites (tertiary alicyclic amines) is 1. The minimum absolute atomic E-state index is 0.134. The monoisotopic (exact) mass is 555 g/mol. The lowest BCUT2D eigenvalue weighted by Crippen LogP contribution is -2.31. The number of benzene rings is 3. The first kappa shape index (κ1) is 27.1. The third kappa shape index (κ3) is 5.00. The number of amides is 1. The van der Waals surface area contributed by atoms with E-state index in [1.807, 2.05) is 24.4 Å². The summed E-state index contributed by atoms with van der Waals surface area (Å²) in [5.41, 5.74) is 2.35. The maximum Gasteiger partial charge on any atom is 0.337 e. The molecular weight excluding hydrogens is 530 g/mol. The number of nitrogens with zero attached hydrogens (tertiary/aromatic N) is 2. The number of carbonyl (C=O) groups is 3. The first-order valence-corrected chi connectivity index (χ1v) is 12.6. The SMILES string of the molecule is COC(=O)c1ccc([C@@H]2C(=C(O)c3ccc([N+](=O)[O-])cc3)C(=O)C(=O)N2CCc2c[nH]c3ccc(OC)cc23)cc1. The topological polar surface area (TPSA) is 152 Å². The van der Waals surface area contributed by atoms with Gasteiger partial charge in [0.2, 0.25) is 0 Å². The molecule has 1 amide bonds. The number of nitro benzene ring substituents is 1. The molecule has 11 nitrogen and oxygen atoms in total. The number of hydrogen-bond donors (Lipinski definition) is 2. The van der Waals surface area contributed by atoms with Gasteiger partial charge in [0.05, 0.1) is 36.3 Å². The normalized spacial score (nSPS) is 16.2. The van der Waals surface area contributed by atoms with Gasteiger partial charge in [0.25, 0.3) is 17.4 Å². The van der Waals surface area contributed by atoms with Gasteiger partial charge in [-0.25, -0.2) is 4.79 Å². The minimum atomic E-state index is -0.975. The number of hydrogen-bond acceptors (Lipinski definition) is 8. The van der Waals surface area contributed by atoms with Crippen LogP contribution in [0.2, 0.25) is 0 Å². The highest BCUT2D eigenvalue weighted by molar-refractivity contribution is 6.46. The first-order chi connectivity index (χ1) is 19.7. The third-order valence-electron chi connectivity index (χ3n) is 7.14. The van der Waals surface area contributed by atoms with E-state index in [0.29, 0.717) is 17.7 Å².